The predicted octanol–water partition coefficient (Wildman–Crippen LogP) is 8.59. The maximum atomic E-state index is 9.69. The van der Waals surface area contributed by atoms with Gasteiger partial charge >= 0.3 is 0 Å². The summed E-state index contributed by atoms with van der Waals surface area (Å²) in [5.74, 6) is 0.796. The summed E-state index contributed by atoms with van der Waals surface area (Å²) in [7, 11) is 6.80. The lowest BCUT2D eigenvalue weighted by atomic mass is 9.89. The number of fused-ring (bicyclic) bond motifs is 1. The number of hydrogen-bond acceptors (Lipinski definition) is 3. The molecule has 200 valence electrons. The number of hydrogen-bond donors (Lipinski definition) is 1. The zero-order valence-corrected chi connectivity index (χ0v) is 23.2. The van der Waals surface area contributed by atoms with Crippen LogP contribution in [0.2, 0.25) is 0 Å². The van der Waals surface area contributed by atoms with Crippen LogP contribution in [0.25, 0.3) is 10.8 Å². The fraction of sp³-hybridized carbons (Fsp3) is 0.484. The summed E-state index contributed by atoms with van der Waals surface area (Å²) in [6, 6.07) is 5.88. The summed E-state index contributed by atoms with van der Waals surface area (Å²) in [6.45, 7) is 24.5. The first-order chi connectivity index (χ1) is 16.3. The number of pyridine rings is 1. The molecule has 1 aromatic carbocycles. The maximum absolute atomic E-state index is 9.69. The van der Waals surface area contributed by atoms with Gasteiger partial charge in [0.25, 0.3) is 0 Å². The lowest BCUT2D eigenvalue weighted by Gasteiger charge is -2.07. The molecule has 0 amide bonds. The molecule has 2 aromatic rings. The molecule has 1 aromatic heterocycles. The molecule has 1 N–H and O–H groups in total. The van der Waals surface area contributed by atoms with Crippen LogP contribution in [0.3, 0.4) is 0 Å². The molecular formula is C31H56BNO2. The fourth-order valence-corrected chi connectivity index (χ4v) is 2.48. The van der Waals surface area contributed by atoms with E-state index in [0.717, 1.165) is 35.7 Å². The quantitative estimate of drug-likeness (QED) is 0.243. The molecule has 0 aliphatic rings. The summed E-state index contributed by atoms with van der Waals surface area (Å²) in [4.78, 5) is 13.8. The number of nitrogens with zero attached hydrogens (tertiary/aromatic N) is 1. The Labute approximate surface area is 221 Å². The van der Waals surface area contributed by atoms with Crippen LogP contribution in [0.4, 0.5) is 0 Å². The molecule has 0 atom stereocenters. The van der Waals surface area contributed by atoms with Crippen LogP contribution in [0, 0.1) is 12.8 Å². The Hall–Kier alpha value is -2.46. The lowest BCUT2D eigenvalue weighted by Crippen LogP contribution is -2.03. The summed E-state index contributed by atoms with van der Waals surface area (Å²) >= 11 is 0. The van der Waals surface area contributed by atoms with Crippen molar-refractivity contribution in [1.82, 2.24) is 4.98 Å². The zero-order chi connectivity index (χ0) is 27.4. The Morgan fingerprint density at radius 3 is 1.83 bits per heavy atom. The molecule has 0 aliphatic carbocycles. The Balaban J connectivity index is -0.0000000840. The van der Waals surface area contributed by atoms with Crippen LogP contribution in [0.1, 0.15) is 88.1 Å². The minimum Gasteiger partial charge on any atom is -0.400 e. The first-order valence-corrected chi connectivity index (χ1v) is 12.2. The van der Waals surface area contributed by atoms with Crippen molar-refractivity contribution in [3.05, 3.63) is 74.1 Å². The van der Waals surface area contributed by atoms with Crippen molar-refractivity contribution in [3.8, 4) is 0 Å². The van der Waals surface area contributed by atoms with Gasteiger partial charge in [-0.15, -0.1) is 13.2 Å². The van der Waals surface area contributed by atoms with E-state index in [1.807, 2.05) is 44.3 Å². The monoisotopic (exact) mass is 485 g/mol. The molecule has 0 spiro atoms. The molecule has 2 rings (SSSR count). The predicted molar refractivity (Wildman–Crippen MR) is 165 cm³/mol. The minimum absolute atomic E-state index is 0. The van der Waals surface area contributed by atoms with E-state index in [1.165, 1.54) is 44.2 Å². The van der Waals surface area contributed by atoms with Crippen LogP contribution in [0.15, 0.2) is 68.6 Å². The SMILES string of the molecule is C.C=CC(C)=O.C=CC(CCC)CCC.C=CCC.CC.CO.[B]c1ccc(C)c2cnccc12.[HH]. The van der Waals surface area contributed by atoms with E-state index >= 15 is 0 Å². The fourth-order valence-electron chi connectivity index (χ4n) is 2.48. The number of carbonyl (C=O) groups is 1. The van der Waals surface area contributed by atoms with Crippen LogP contribution < -0.4 is 5.46 Å². The van der Waals surface area contributed by atoms with Gasteiger partial charge in [-0.05, 0) is 62.1 Å². The second-order valence-corrected chi connectivity index (χ2v) is 6.98. The molecule has 35 heavy (non-hydrogen) atoms. The highest BCUT2D eigenvalue weighted by atomic mass is 16.2. The number of aliphatic hydroxyl groups excluding tert-OH is 1. The number of carbonyl (C=O) groups excluding carboxylic acids is 1. The number of benzene rings is 1. The first-order valence-electron chi connectivity index (χ1n) is 12.2. The van der Waals surface area contributed by atoms with Crippen molar-refractivity contribution in [3.63, 3.8) is 0 Å². The highest BCUT2D eigenvalue weighted by Gasteiger charge is 1.99. The summed E-state index contributed by atoms with van der Waals surface area (Å²) < 4.78 is 0. The largest absolute Gasteiger partial charge is 0.400 e. The van der Waals surface area contributed by atoms with Gasteiger partial charge in [-0.25, -0.2) is 0 Å². The Morgan fingerprint density at radius 2 is 1.51 bits per heavy atom. The molecule has 2 radical (unpaired) electrons. The van der Waals surface area contributed by atoms with Gasteiger partial charge in [0.15, 0.2) is 5.78 Å². The van der Waals surface area contributed by atoms with E-state index in [9.17, 15) is 4.79 Å². The van der Waals surface area contributed by atoms with Crippen molar-refractivity contribution in [2.24, 2.45) is 5.92 Å². The molecule has 0 fully saturated rings. The third-order valence-electron chi connectivity index (χ3n) is 4.30. The Kier molecular flexibility index (Phi) is 41.1. The molecule has 0 saturated carbocycles. The van der Waals surface area contributed by atoms with Gasteiger partial charge in [-0.3, -0.25) is 9.78 Å². The standard InChI is InChI=1S/C10H8BN.C9H18.C4H6O.C4H8.C2H6.CH4O.CH4.H2/c1-7-2-3-10(11)8-4-5-12-6-9(7)8;1-4-7-9(6-3)8-5-2;1-3-4(2)5;1-3-4-2;2*1-2;;/h2-6H,1H3;6,9H,3-5,7-8H2,1-2H3;3H,1H2,2H3;3H,1,4H2,2H3;1-2H3;2H,1H3;1H4;1H. The average molecular weight is 486 g/mol. The van der Waals surface area contributed by atoms with E-state index in [2.05, 4.69) is 58.5 Å². The molecule has 0 bridgehead atoms. The van der Waals surface area contributed by atoms with Crippen LogP contribution in [-0.2, 0) is 4.79 Å². The number of allylic oxidation sites excluding steroid dienone is 3. The third kappa shape index (κ3) is 26.0. The van der Waals surface area contributed by atoms with E-state index in [0.29, 0.717) is 0 Å². The minimum atomic E-state index is 0. The van der Waals surface area contributed by atoms with Crippen molar-refractivity contribution < 1.29 is 11.3 Å². The van der Waals surface area contributed by atoms with Crippen molar-refractivity contribution >= 4 is 29.9 Å². The van der Waals surface area contributed by atoms with Crippen LogP contribution in [-0.4, -0.2) is 30.8 Å². The molecule has 0 aliphatic heterocycles. The zero-order valence-electron chi connectivity index (χ0n) is 23.2. The Bertz CT molecular complexity index is 717. The van der Waals surface area contributed by atoms with Gasteiger partial charge < -0.3 is 5.11 Å². The normalized spacial score (nSPS) is 8.17. The molecule has 0 saturated heterocycles. The molecular weight excluding hydrogens is 429 g/mol. The van der Waals surface area contributed by atoms with E-state index in [1.54, 1.807) is 6.20 Å². The molecule has 4 heteroatoms. The van der Waals surface area contributed by atoms with Gasteiger partial charge in [0, 0.05) is 26.3 Å². The van der Waals surface area contributed by atoms with Gasteiger partial charge in [0.2, 0.25) is 0 Å². The first kappa shape index (κ1) is 42.7. The topological polar surface area (TPSA) is 50.2 Å². The van der Waals surface area contributed by atoms with E-state index < -0.39 is 0 Å². The van der Waals surface area contributed by atoms with Gasteiger partial charge in [-0.1, -0.05) is 91.2 Å². The third-order valence-corrected chi connectivity index (χ3v) is 4.30. The Morgan fingerprint density at radius 1 is 1.06 bits per heavy atom. The van der Waals surface area contributed by atoms with Crippen molar-refractivity contribution in [1.29, 1.82) is 0 Å². The molecule has 1 heterocycles. The highest BCUT2D eigenvalue weighted by Crippen LogP contribution is 2.14. The van der Waals surface area contributed by atoms with Crippen LogP contribution in [0.5, 0.6) is 0 Å². The van der Waals surface area contributed by atoms with Crippen molar-refractivity contribution in [2.75, 3.05) is 7.11 Å². The maximum Gasteiger partial charge on any atom is 0.152 e. The van der Waals surface area contributed by atoms with E-state index in [4.69, 9.17) is 13.0 Å². The van der Waals surface area contributed by atoms with E-state index in [-0.39, 0.29) is 14.6 Å². The smallest absolute Gasteiger partial charge is 0.152 e. The van der Waals surface area contributed by atoms with Crippen LogP contribution >= 0.6 is 0 Å². The van der Waals surface area contributed by atoms with Gasteiger partial charge in [0.05, 0.1) is 0 Å². The summed E-state index contributed by atoms with van der Waals surface area (Å²) in [5.41, 5.74) is 2.03. The summed E-state index contributed by atoms with van der Waals surface area (Å²) in [5, 5.41) is 9.22. The lowest BCUT2D eigenvalue weighted by molar-refractivity contribution is -0.112. The average Bonchev–Trinajstić information content (AvgIpc) is 2.89. The number of aryl methyl sites for hydroxylation is 1. The number of ketones is 1. The van der Waals surface area contributed by atoms with Gasteiger partial charge in [-0.2, -0.15) is 0 Å². The molecule has 3 nitrogen and oxygen atoms in total. The highest BCUT2D eigenvalue weighted by molar-refractivity contribution is 6.38. The summed E-state index contributed by atoms with van der Waals surface area (Å²) in [6.07, 6.45) is 15.1. The number of aliphatic hydroxyl groups is 1. The second kappa shape index (κ2) is 33.7. The van der Waals surface area contributed by atoms with Gasteiger partial charge in [0.1, 0.15) is 7.85 Å². The number of aromatic nitrogens is 1. The molecule has 0 unspecified atom stereocenters. The second-order valence-electron chi connectivity index (χ2n) is 6.98. The number of rotatable bonds is 7. The van der Waals surface area contributed by atoms with Crippen molar-refractivity contribution in [2.45, 2.75) is 88.0 Å².